The fraction of sp³-hybridized carbons (Fsp3) is 0.857. The minimum atomic E-state index is -0.746. The van der Waals surface area contributed by atoms with Crippen molar-refractivity contribution >= 4 is 11.8 Å². The van der Waals surface area contributed by atoms with Crippen molar-refractivity contribution < 1.29 is 9.59 Å². The Hall–Kier alpha value is -1.06. The molecule has 3 atom stereocenters. The zero-order valence-corrected chi connectivity index (χ0v) is 12.2. The van der Waals surface area contributed by atoms with E-state index in [0.717, 1.165) is 12.8 Å². The molecule has 0 aliphatic carbocycles. The Balaban J connectivity index is 3.05. The lowest BCUT2D eigenvalue weighted by Crippen LogP contribution is -2.57. The molecule has 0 spiro atoms. The Morgan fingerprint density at radius 3 is 2.56 bits per heavy atom. The predicted octanol–water partition coefficient (Wildman–Crippen LogP) is 2.08. The summed E-state index contributed by atoms with van der Waals surface area (Å²) in [6.45, 7) is 9.93. The van der Waals surface area contributed by atoms with Crippen molar-refractivity contribution in [1.82, 2.24) is 10.2 Å². The molecule has 0 aromatic carbocycles. The van der Waals surface area contributed by atoms with E-state index in [9.17, 15) is 9.59 Å². The van der Waals surface area contributed by atoms with Crippen LogP contribution in [0.1, 0.15) is 60.3 Å². The van der Waals surface area contributed by atoms with Gasteiger partial charge in [0.15, 0.2) is 0 Å². The van der Waals surface area contributed by atoms with Crippen LogP contribution >= 0.6 is 0 Å². The van der Waals surface area contributed by atoms with Crippen LogP contribution < -0.4 is 5.32 Å². The van der Waals surface area contributed by atoms with Gasteiger partial charge < -0.3 is 10.2 Å². The largest absolute Gasteiger partial charge is 0.342 e. The zero-order chi connectivity index (χ0) is 13.9. The van der Waals surface area contributed by atoms with Gasteiger partial charge in [0.1, 0.15) is 5.54 Å². The second kappa shape index (κ2) is 5.72. The molecule has 1 aliphatic rings. The Labute approximate surface area is 110 Å². The summed E-state index contributed by atoms with van der Waals surface area (Å²) >= 11 is 0. The number of nitrogens with one attached hydrogen (secondary N) is 1. The molecule has 1 aliphatic heterocycles. The summed E-state index contributed by atoms with van der Waals surface area (Å²) in [5, 5.41) is 2.88. The van der Waals surface area contributed by atoms with Gasteiger partial charge >= 0.3 is 0 Å². The van der Waals surface area contributed by atoms with E-state index in [2.05, 4.69) is 19.2 Å². The van der Waals surface area contributed by atoms with E-state index in [1.165, 1.54) is 0 Å². The summed E-state index contributed by atoms with van der Waals surface area (Å²) in [4.78, 5) is 26.4. The maximum absolute atomic E-state index is 12.7. The molecule has 0 saturated carbocycles. The SMILES string of the molecule is CCCC(C)N1C(=O)C(C)(CC)NC(=O)CC1C. The van der Waals surface area contributed by atoms with E-state index < -0.39 is 5.54 Å². The summed E-state index contributed by atoms with van der Waals surface area (Å²) in [6.07, 6.45) is 3.04. The van der Waals surface area contributed by atoms with Crippen molar-refractivity contribution in [3.05, 3.63) is 0 Å². The van der Waals surface area contributed by atoms with Gasteiger partial charge in [0.25, 0.3) is 0 Å². The third-order valence-corrected chi connectivity index (χ3v) is 3.97. The van der Waals surface area contributed by atoms with Crippen LogP contribution in [0.2, 0.25) is 0 Å². The molecule has 1 fully saturated rings. The molecule has 104 valence electrons. The van der Waals surface area contributed by atoms with E-state index in [1.54, 1.807) is 0 Å². The van der Waals surface area contributed by atoms with E-state index in [-0.39, 0.29) is 23.9 Å². The van der Waals surface area contributed by atoms with Crippen LogP contribution in [0.3, 0.4) is 0 Å². The van der Waals surface area contributed by atoms with E-state index in [4.69, 9.17) is 0 Å². The number of hydrogen-bond acceptors (Lipinski definition) is 2. The van der Waals surface area contributed by atoms with Gasteiger partial charge in [-0.15, -0.1) is 0 Å². The summed E-state index contributed by atoms with van der Waals surface area (Å²) < 4.78 is 0. The van der Waals surface area contributed by atoms with Gasteiger partial charge in [0, 0.05) is 18.5 Å². The van der Waals surface area contributed by atoms with Gasteiger partial charge in [0.05, 0.1) is 0 Å². The average molecular weight is 254 g/mol. The van der Waals surface area contributed by atoms with Gasteiger partial charge in [0.2, 0.25) is 11.8 Å². The number of rotatable bonds is 4. The van der Waals surface area contributed by atoms with Crippen molar-refractivity contribution in [2.45, 2.75) is 77.9 Å². The standard InChI is InChI=1S/C14H26N2O2/c1-6-8-10(3)16-11(4)9-12(17)15-14(5,7-2)13(16)18/h10-11H,6-9H2,1-5H3,(H,15,17). The number of nitrogens with zero attached hydrogens (tertiary/aromatic N) is 1. The smallest absolute Gasteiger partial charge is 0.248 e. The molecule has 0 bridgehead atoms. The molecule has 18 heavy (non-hydrogen) atoms. The van der Waals surface area contributed by atoms with E-state index in [1.807, 2.05) is 25.7 Å². The van der Waals surface area contributed by atoms with Crippen molar-refractivity contribution in [2.75, 3.05) is 0 Å². The summed E-state index contributed by atoms with van der Waals surface area (Å²) in [5.74, 6) is 0.0377. The molecule has 1 rings (SSSR count). The highest BCUT2D eigenvalue weighted by molar-refractivity contribution is 5.93. The first-order chi connectivity index (χ1) is 8.35. The van der Waals surface area contributed by atoms with Crippen molar-refractivity contribution in [3.63, 3.8) is 0 Å². The monoisotopic (exact) mass is 254 g/mol. The number of hydrogen-bond donors (Lipinski definition) is 1. The van der Waals surface area contributed by atoms with Gasteiger partial charge in [-0.1, -0.05) is 20.3 Å². The van der Waals surface area contributed by atoms with Crippen LogP contribution in [0.5, 0.6) is 0 Å². The van der Waals surface area contributed by atoms with Gasteiger partial charge in [-0.2, -0.15) is 0 Å². The Kier molecular flexibility index (Phi) is 4.77. The molecule has 4 nitrogen and oxygen atoms in total. The minimum Gasteiger partial charge on any atom is -0.342 e. The van der Waals surface area contributed by atoms with Crippen molar-refractivity contribution in [1.29, 1.82) is 0 Å². The summed E-state index contributed by atoms with van der Waals surface area (Å²) in [7, 11) is 0. The Bertz CT molecular complexity index is 330. The molecule has 1 heterocycles. The quantitative estimate of drug-likeness (QED) is 0.835. The number of amides is 2. The summed E-state index contributed by atoms with van der Waals surface area (Å²) in [6, 6.07) is 0.170. The third-order valence-electron chi connectivity index (χ3n) is 3.97. The first kappa shape index (κ1) is 15.0. The lowest BCUT2D eigenvalue weighted by Gasteiger charge is -2.37. The molecule has 4 heteroatoms. The van der Waals surface area contributed by atoms with Crippen LogP contribution in [0.15, 0.2) is 0 Å². The van der Waals surface area contributed by atoms with E-state index in [0.29, 0.717) is 12.8 Å². The molecule has 0 aromatic heterocycles. The molecular formula is C14H26N2O2. The highest BCUT2D eigenvalue weighted by Crippen LogP contribution is 2.24. The maximum atomic E-state index is 12.7. The number of carbonyl (C=O) groups excluding carboxylic acids is 2. The first-order valence-corrected chi connectivity index (χ1v) is 6.99. The fourth-order valence-electron chi connectivity index (χ4n) is 2.70. The Morgan fingerprint density at radius 2 is 2.06 bits per heavy atom. The zero-order valence-electron chi connectivity index (χ0n) is 12.2. The lowest BCUT2D eigenvalue weighted by atomic mass is 9.95. The van der Waals surface area contributed by atoms with Crippen LogP contribution in [0.25, 0.3) is 0 Å². The predicted molar refractivity (Wildman–Crippen MR) is 72.1 cm³/mol. The van der Waals surface area contributed by atoms with Crippen molar-refractivity contribution in [3.8, 4) is 0 Å². The second-order valence-electron chi connectivity index (χ2n) is 5.64. The lowest BCUT2D eigenvalue weighted by molar-refractivity contribution is -0.141. The highest BCUT2D eigenvalue weighted by atomic mass is 16.2. The third kappa shape index (κ3) is 2.85. The molecule has 2 amide bonds. The van der Waals surface area contributed by atoms with Crippen LogP contribution in [-0.4, -0.2) is 34.3 Å². The van der Waals surface area contributed by atoms with Gasteiger partial charge in [-0.3, -0.25) is 9.59 Å². The van der Waals surface area contributed by atoms with Crippen molar-refractivity contribution in [2.24, 2.45) is 0 Å². The van der Waals surface area contributed by atoms with Crippen LogP contribution in [0, 0.1) is 0 Å². The normalized spacial score (nSPS) is 30.9. The average Bonchev–Trinajstić information content (AvgIpc) is 2.36. The van der Waals surface area contributed by atoms with Crippen LogP contribution in [-0.2, 0) is 9.59 Å². The first-order valence-electron chi connectivity index (χ1n) is 6.99. The fourth-order valence-corrected chi connectivity index (χ4v) is 2.70. The van der Waals surface area contributed by atoms with Crippen LogP contribution in [0.4, 0.5) is 0 Å². The second-order valence-corrected chi connectivity index (χ2v) is 5.64. The minimum absolute atomic E-state index is 0.0209. The topological polar surface area (TPSA) is 49.4 Å². The molecule has 0 radical (unpaired) electrons. The molecular weight excluding hydrogens is 228 g/mol. The van der Waals surface area contributed by atoms with Gasteiger partial charge in [-0.05, 0) is 33.6 Å². The van der Waals surface area contributed by atoms with Gasteiger partial charge in [-0.25, -0.2) is 0 Å². The highest BCUT2D eigenvalue weighted by Gasteiger charge is 2.43. The molecule has 1 N–H and O–H groups in total. The number of carbonyl (C=O) groups is 2. The van der Waals surface area contributed by atoms with E-state index >= 15 is 0 Å². The molecule has 1 saturated heterocycles. The Morgan fingerprint density at radius 1 is 1.44 bits per heavy atom. The maximum Gasteiger partial charge on any atom is 0.248 e. The summed E-state index contributed by atoms with van der Waals surface area (Å²) in [5.41, 5.74) is -0.746. The molecule has 0 aromatic rings. The molecule has 3 unspecified atom stereocenters.